The summed E-state index contributed by atoms with van der Waals surface area (Å²) in [7, 11) is 1.78. The Hall–Kier alpha value is -2.70. The minimum Gasteiger partial charge on any atom is -0.488 e. The lowest BCUT2D eigenvalue weighted by Crippen LogP contribution is -2.32. The monoisotopic (exact) mass is 344 g/mol. The zero-order valence-corrected chi connectivity index (χ0v) is 15.0. The van der Waals surface area contributed by atoms with Crippen LogP contribution in [0, 0.1) is 6.92 Å². The second-order valence-corrected chi connectivity index (χ2v) is 6.81. The van der Waals surface area contributed by atoms with Crippen LogP contribution in [0.2, 0.25) is 0 Å². The Morgan fingerprint density at radius 3 is 2.96 bits per heavy atom. The van der Waals surface area contributed by atoms with Gasteiger partial charge in [0, 0.05) is 25.1 Å². The Balaban J connectivity index is 1.47. The van der Waals surface area contributed by atoms with E-state index >= 15 is 0 Å². The third-order valence-corrected chi connectivity index (χ3v) is 3.94. The van der Waals surface area contributed by atoms with Gasteiger partial charge >= 0.3 is 6.03 Å². The second kappa shape index (κ2) is 6.66. The number of fused-ring (bicyclic) bond motifs is 1. The van der Waals surface area contributed by atoms with Gasteiger partial charge in [0.05, 0.1) is 12.2 Å². The van der Waals surface area contributed by atoms with Crippen molar-refractivity contribution in [2.75, 3.05) is 18.5 Å². The van der Waals surface area contributed by atoms with Gasteiger partial charge in [-0.15, -0.1) is 0 Å². The first-order valence-corrected chi connectivity index (χ1v) is 8.33. The van der Waals surface area contributed by atoms with Crippen LogP contribution in [0.15, 0.2) is 24.3 Å². The summed E-state index contributed by atoms with van der Waals surface area (Å²) in [6.45, 7) is 6.73. The van der Waals surface area contributed by atoms with Gasteiger partial charge in [-0.1, -0.05) is 12.1 Å². The molecule has 7 heteroatoms. The number of anilines is 1. The van der Waals surface area contributed by atoms with Crippen LogP contribution < -0.4 is 20.1 Å². The molecule has 25 heavy (non-hydrogen) atoms. The number of carbonyl (C=O) groups excluding carboxylic acids is 1. The van der Waals surface area contributed by atoms with Gasteiger partial charge in [-0.25, -0.2) is 4.79 Å². The van der Waals surface area contributed by atoms with Gasteiger partial charge < -0.3 is 14.8 Å². The van der Waals surface area contributed by atoms with Crippen LogP contribution in [0.1, 0.15) is 25.1 Å². The standard InChI is InChI=1S/C18H24N4O3/c1-12-10-15(22(4)21-12)20-17(23)19-8-9-24-14-7-5-6-13-11-18(2,3)25-16(13)14/h5-7,10H,8-9,11H2,1-4H3,(H2,19,20,23). The molecule has 1 aromatic heterocycles. The van der Waals surface area contributed by atoms with E-state index in [2.05, 4.69) is 35.6 Å². The summed E-state index contributed by atoms with van der Waals surface area (Å²) in [6.07, 6.45) is 0.865. The number of amides is 2. The molecular formula is C18H24N4O3. The third kappa shape index (κ3) is 4.04. The highest BCUT2D eigenvalue weighted by molar-refractivity contribution is 5.88. The van der Waals surface area contributed by atoms with Crippen LogP contribution in [0.4, 0.5) is 10.6 Å². The molecule has 3 rings (SSSR count). The molecule has 2 N–H and O–H groups in total. The Morgan fingerprint density at radius 2 is 2.24 bits per heavy atom. The minimum absolute atomic E-state index is 0.207. The molecule has 2 aromatic rings. The number of hydrogen-bond donors (Lipinski definition) is 2. The molecule has 0 fully saturated rings. The van der Waals surface area contributed by atoms with Crippen molar-refractivity contribution in [3.8, 4) is 11.5 Å². The van der Waals surface area contributed by atoms with E-state index < -0.39 is 0 Å². The number of benzene rings is 1. The molecular weight excluding hydrogens is 320 g/mol. The van der Waals surface area contributed by atoms with Crippen molar-refractivity contribution in [3.05, 3.63) is 35.5 Å². The summed E-state index contributed by atoms with van der Waals surface area (Å²) < 4.78 is 13.4. The van der Waals surface area contributed by atoms with E-state index in [-0.39, 0.29) is 11.6 Å². The maximum atomic E-state index is 11.9. The lowest BCUT2D eigenvalue weighted by molar-refractivity contribution is 0.132. The summed E-state index contributed by atoms with van der Waals surface area (Å²) in [4.78, 5) is 11.9. The Morgan fingerprint density at radius 1 is 1.44 bits per heavy atom. The summed E-state index contributed by atoms with van der Waals surface area (Å²) in [6, 6.07) is 7.42. The van der Waals surface area contributed by atoms with E-state index in [1.807, 2.05) is 25.1 Å². The summed E-state index contributed by atoms with van der Waals surface area (Å²) in [5.41, 5.74) is 1.79. The van der Waals surface area contributed by atoms with Gasteiger partial charge in [0.15, 0.2) is 11.5 Å². The third-order valence-electron chi connectivity index (χ3n) is 3.94. The molecule has 0 saturated carbocycles. The van der Waals surface area contributed by atoms with Crippen LogP contribution in [-0.2, 0) is 13.5 Å². The number of aryl methyl sites for hydroxylation is 2. The molecule has 1 aromatic carbocycles. The summed E-state index contributed by atoms with van der Waals surface area (Å²) in [5, 5.41) is 9.70. The zero-order chi connectivity index (χ0) is 18.0. The van der Waals surface area contributed by atoms with E-state index in [1.54, 1.807) is 11.7 Å². The lowest BCUT2D eigenvalue weighted by Gasteiger charge is -2.18. The van der Waals surface area contributed by atoms with E-state index in [1.165, 1.54) is 0 Å². The van der Waals surface area contributed by atoms with Crippen molar-refractivity contribution < 1.29 is 14.3 Å². The molecule has 2 amide bonds. The average molecular weight is 344 g/mol. The molecule has 1 aliphatic heterocycles. The van der Waals surface area contributed by atoms with Crippen LogP contribution in [0.25, 0.3) is 0 Å². The molecule has 0 bridgehead atoms. The first-order valence-electron chi connectivity index (χ1n) is 8.33. The predicted octanol–water partition coefficient (Wildman–Crippen LogP) is 2.64. The molecule has 0 spiro atoms. The highest BCUT2D eigenvalue weighted by Gasteiger charge is 2.32. The number of ether oxygens (including phenoxy) is 2. The predicted molar refractivity (Wildman–Crippen MR) is 95.3 cm³/mol. The molecule has 0 saturated heterocycles. The van der Waals surface area contributed by atoms with Crippen molar-refractivity contribution in [1.82, 2.24) is 15.1 Å². The van der Waals surface area contributed by atoms with Crippen molar-refractivity contribution in [3.63, 3.8) is 0 Å². The van der Waals surface area contributed by atoms with Gasteiger partial charge in [-0.3, -0.25) is 10.00 Å². The first-order chi connectivity index (χ1) is 11.8. The Kier molecular flexibility index (Phi) is 4.57. The van der Waals surface area contributed by atoms with E-state index in [0.29, 0.717) is 24.7 Å². The maximum absolute atomic E-state index is 11.9. The molecule has 0 radical (unpaired) electrons. The number of aromatic nitrogens is 2. The quantitative estimate of drug-likeness (QED) is 0.818. The number of rotatable bonds is 5. The number of para-hydroxylation sites is 1. The van der Waals surface area contributed by atoms with Gasteiger partial charge in [-0.05, 0) is 26.8 Å². The maximum Gasteiger partial charge on any atom is 0.320 e. The molecule has 7 nitrogen and oxygen atoms in total. The number of carbonyl (C=O) groups is 1. The molecule has 2 heterocycles. The molecule has 0 atom stereocenters. The van der Waals surface area contributed by atoms with Crippen molar-refractivity contribution in [1.29, 1.82) is 0 Å². The van der Waals surface area contributed by atoms with E-state index in [4.69, 9.17) is 9.47 Å². The fourth-order valence-electron chi connectivity index (χ4n) is 2.91. The number of hydrogen-bond acceptors (Lipinski definition) is 4. The van der Waals surface area contributed by atoms with Crippen LogP contribution >= 0.6 is 0 Å². The summed E-state index contributed by atoms with van der Waals surface area (Å²) >= 11 is 0. The highest BCUT2D eigenvalue weighted by Crippen LogP contribution is 2.41. The van der Waals surface area contributed by atoms with Gasteiger partial charge in [0.1, 0.15) is 18.0 Å². The van der Waals surface area contributed by atoms with Crippen LogP contribution in [-0.4, -0.2) is 34.6 Å². The highest BCUT2D eigenvalue weighted by atomic mass is 16.5. The fraction of sp³-hybridized carbons (Fsp3) is 0.444. The van der Waals surface area contributed by atoms with Crippen molar-refractivity contribution in [2.24, 2.45) is 7.05 Å². The number of urea groups is 1. The van der Waals surface area contributed by atoms with E-state index in [0.717, 1.165) is 23.4 Å². The normalized spacial score (nSPS) is 14.6. The fourth-order valence-corrected chi connectivity index (χ4v) is 2.91. The largest absolute Gasteiger partial charge is 0.488 e. The molecule has 0 aliphatic carbocycles. The van der Waals surface area contributed by atoms with Crippen molar-refractivity contribution >= 4 is 11.8 Å². The van der Waals surface area contributed by atoms with Crippen LogP contribution in [0.3, 0.4) is 0 Å². The summed E-state index contributed by atoms with van der Waals surface area (Å²) in [5.74, 6) is 2.17. The van der Waals surface area contributed by atoms with Crippen molar-refractivity contribution in [2.45, 2.75) is 32.8 Å². The minimum atomic E-state index is -0.290. The van der Waals surface area contributed by atoms with Gasteiger partial charge in [0.2, 0.25) is 0 Å². The second-order valence-electron chi connectivity index (χ2n) is 6.81. The number of nitrogens with zero attached hydrogens (tertiary/aromatic N) is 2. The van der Waals surface area contributed by atoms with E-state index in [9.17, 15) is 4.79 Å². The van der Waals surface area contributed by atoms with Gasteiger partial charge in [0.25, 0.3) is 0 Å². The molecule has 0 unspecified atom stereocenters. The Bertz CT molecular complexity index is 783. The SMILES string of the molecule is Cc1cc(NC(=O)NCCOc2cccc3c2OC(C)(C)C3)n(C)n1. The number of nitrogens with one attached hydrogen (secondary N) is 2. The smallest absolute Gasteiger partial charge is 0.320 e. The lowest BCUT2D eigenvalue weighted by atomic mass is 10.0. The van der Waals surface area contributed by atoms with Gasteiger partial charge in [-0.2, -0.15) is 5.10 Å². The van der Waals surface area contributed by atoms with Crippen LogP contribution in [0.5, 0.6) is 11.5 Å². The molecule has 1 aliphatic rings. The zero-order valence-electron chi connectivity index (χ0n) is 15.0. The first kappa shape index (κ1) is 17.1. The molecule has 134 valence electrons. The Labute approximate surface area is 147 Å². The topological polar surface area (TPSA) is 77.4 Å². The average Bonchev–Trinajstić information content (AvgIpc) is 3.01.